The molecule has 0 aromatic rings. The Morgan fingerprint density at radius 3 is 2.26 bits per heavy atom. The number of hydrogen-bond donors (Lipinski definition) is 2. The Morgan fingerprint density at radius 2 is 1.74 bits per heavy atom. The topological polar surface area (TPSA) is 64.6 Å². The van der Waals surface area contributed by atoms with Gasteiger partial charge in [-0.3, -0.25) is 4.79 Å². The molecule has 0 spiro atoms. The number of carbonyl (C=O) groups excluding carboxylic acids is 2. The monoisotopic (exact) mass is 415 g/mol. The number of carbonyl (C=O) groups is 2. The SMILES string of the molecule is CCCSC[C@H](OC(=O)[C@H](C)CS)C(=O)ONC12CC3CC(CC(C3)C1)C2. The van der Waals surface area contributed by atoms with Gasteiger partial charge in [0.2, 0.25) is 6.10 Å². The molecule has 4 fully saturated rings. The molecule has 4 aliphatic rings. The predicted molar refractivity (Wildman–Crippen MR) is 111 cm³/mol. The van der Waals surface area contributed by atoms with Crippen LogP contribution in [0, 0.1) is 23.7 Å². The normalized spacial score (nSPS) is 33.5. The zero-order valence-corrected chi connectivity index (χ0v) is 18.2. The number of ether oxygens (including phenoxy) is 1. The highest BCUT2D eigenvalue weighted by atomic mass is 32.2. The molecule has 2 atom stereocenters. The van der Waals surface area contributed by atoms with Gasteiger partial charge in [-0.25, -0.2) is 4.79 Å². The van der Waals surface area contributed by atoms with Crippen LogP contribution in [-0.2, 0) is 19.2 Å². The quantitative estimate of drug-likeness (QED) is 0.246. The van der Waals surface area contributed by atoms with Crippen LogP contribution in [0.2, 0.25) is 0 Å². The summed E-state index contributed by atoms with van der Waals surface area (Å²) in [5.41, 5.74) is 3.09. The van der Waals surface area contributed by atoms with E-state index in [2.05, 4.69) is 25.0 Å². The second kappa shape index (κ2) is 9.40. The Kier molecular flexibility index (Phi) is 7.42. The van der Waals surface area contributed by atoms with Crippen molar-refractivity contribution in [3.05, 3.63) is 0 Å². The first-order valence-electron chi connectivity index (χ1n) is 10.3. The van der Waals surface area contributed by atoms with Crippen LogP contribution in [-0.4, -0.2) is 40.8 Å². The van der Waals surface area contributed by atoms with E-state index in [-0.39, 0.29) is 17.4 Å². The van der Waals surface area contributed by atoms with Gasteiger partial charge in [-0.1, -0.05) is 13.8 Å². The molecule has 0 heterocycles. The molecule has 5 nitrogen and oxygen atoms in total. The number of nitrogens with one attached hydrogen (secondary N) is 1. The first kappa shape index (κ1) is 21.3. The summed E-state index contributed by atoms with van der Waals surface area (Å²) in [6.45, 7) is 3.84. The van der Waals surface area contributed by atoms with E-state index in [1.807, 2.05) is 0 Å². The smallest absolute Gasteiger partial charge is 0.366 e. The maximum Gasteiger partial charge on any atom is 0.366 e. The Bertz CT molecular complexity index is 507. The van der Waals surface area contributed by atoms with E-state index in [0.717, 1.165) is 49.2 Å². The summed E-state index contributed by atoms with van der Waals surface area (Å²) in [5.74, 6) is 2.86. The number of rotatable bonds is 10. The van der Waals surface area contributed by atoms with Crippen LogP contribution >= 0.6 is 24.4 Å². The zero-order chi connectivity index (χ0) is 19.4. The van der Waals surface area contributed by atoms with Crippen molar-refractivity contribution in [2.24, 2.45) is 23.7 Å². The molecule has 0 unspecified atom stereocenters. The Balaban J connectivity index is 1.55. The molecular formula is C20H33NO4S2. The third-order valence-corrected chi connectivity index (χ3v) is 8.00. The van der Waals surface area contributed by atoms with Crippen LogP contribution in [0.1, 0.15) is 58.8 Å². The fourth-order valence-electron chi connectivity index (χ4n) is 5.28. The summed E-state index contributed by atoms with van der Waals surface area (Å²) in [6, 6.07) is 0. The second-order valence-electron chi connectivity index (χ2n) is 8.81. The van der Waals surface area contributed by atoms with Crippen LogP contribution in [0.5, 0.6) is 0 Å². The lowest BCUT2D eigenvalue weighted by Crippen LogP contribution is -2.59. The van der Waals surface area contributed by atoms with Crippen molar-refractivity contribution in [2.75, 3.05) is 17.3 Å². The Labute approximate surface area is 172 Å². The minimum Gasteiger partial charge on any atom is -0.449 e. The van der Waals surface area contributed by atoms with Crippen LogP contribution in [0.15, 0.2) is 0 Å². The van der Waals surface area contributed by atoms with Crippen molar-refractivity contribution in [1.82, 2.24) is 5.48 Å². The second-order valence-corrected chi connectivity index (χ2v) is 10.3. The van der Waals surface area contributed by atoms with E-state index in [1.54, 1.807) is 18.7 Å². The van der Waals surface area contributed by atoms with Gasteiger partial charge in [0.05, 0.1) is 11.5 Å². The molecule has 4 rings (SSSR count). The van der Waals surface area contributed by atoms with Crippen molar-refractivity contribution in [1.29, 1.82) is 0 Å². The summed E-state index contributed by atoms with van der Waals surface area (Å²) in [5, 5.41) is 0. The Morgan fingerprint density at radius 1 is 1.15 bits per heavy atom. The molecule has 0 radical (unpaired) electrons. The van der Waals surface area contributed by atoms with E-state index < -0.39 is 12.1 Å². The molecule has 0 aliphatic heterocycles. The van der Waals surface area contributed by atoms with Crippen LogP contribution in [0.25, 0.3) is 0 Å². The number of hydrogen-bond acceptors (Lipinski definition) is 7. The van der Waals surface area contributed by atoms with Gasteiger partial charge in [0.25, 0.3) is 0 Å². The molecule has 154 valence electrons. The Hall–Kier alpha value is -0.400. The van der Waals surface area contributed by atoms with Gasteiger partial charge >= 0.3 is 11.9 Å². The molecule has 0 aromatic heterocycles. The molecule has 7 heteroatoms. The minimum absolute atomic E-state index is 0.0616. The van der Waals surface area contributed by atoms with Crippen molar-refractivity contribution in [3.63, 3.8) is 0 Å². The minimum atomic E-state index is -0.863. The first-order valence-corrected chi connectivity index (χ1v) is 12.1. The molecular weight excluding hydrogens is 382 g/mol. The predicted octanol–water partition coefficient (Wildman–Crippen LogP) is 3.62. The number of thiol groups is 1. The lowest BCUT2D eigenvalue weighted by molar-refractivity contribution is -0.182. The van der Waals surface area contributed by atoms with E-state index in [1.165, 1.54) is 19.3 Å². The first-order chi connectivity index (χ1) is 12.9. The van der Waals surface area contributed by atoms with Gasteiger partial charge in [0, 0.05) is 11.5 Å². The summed E-state index contributed by atoms with van der Waals surface area (Å²) in [7, 11) is 0. The number of hydroxylamine groups is 1. The standard InChI is InChI=1S/C20H33NO4S2/c1-3-4-27-12-17(24-18(22)13(2)11-26)19(23)25-21-20-8-14-5-15(9-20)7-16(6-14)10-20/h13-17,21,26H,3-12H2,1-2H3/t13-,14?,15?,16?,17+,20?/m1/s1. The van der Waals surface area contributed by atoms with Crippen LogP contribution < -0.4 is 5.48 Å². The van der Waals surface area contributed by atoms with Crippen molar-refractivity contribution >= 4 is 36.3 Å². The average molecular weight is 416 g/mol. The molecule has 0 amide bonds. The van der Waals surface area contributed by atoms with Gasteiger partial charge in [-0.2, -0.15) is 24.4 Å². The van der Waals surface area contributed by atoms with Gasteiger partial charge in [0.15, 0.2) is 0 Å². The zero-order valence-electron chi connectivity index (χ0n) is 16.4. The highest BCUT2D eigenvalue weighted by Gasteiger charge is 2.51. The summed E-state index contributed by atoms with van der Waals surface area (Å²) in [4.78, 5) is 30.4. The third kappa shape index (κ3) is 5.36. The van der Waals surface area contributed by atoms with Gasteiger partial charge < -0.3 is 9.57 Å². The molecule has 0 aromatic carbocycles. The number of thioether (sulfide) groups is 1. The molecule has 4 saturated carbocycles. The van der Waals surface area contributed by atoms with E-state index in [0.29, 0.717) is 11.5 Å². The average Bonchev–Trinajstić information content (AvgIpc) is 2.63. The molecule has 0 saturated heterocycles. The largest absolute Gasteiger partial charge is 0.449 e. The third-order valence-electron chi connectivity index (χ3n) is 6.22. The molecule has 4 aliphatic carbocycles. The molecule has 1 N–H and O–H groups in total. The lowest BCUT2D eigenvalue weighted by atomic mass is 9.53. The van der Waals surface area contributed by atoms with Crippen LogP contribution in [0.4, 0.5) is 0 Å². The maximum atomic E-state index is 12.7. The maximum absolute atomic E-state index is 12.7. The van der Waals surface area contributed by atoms with Gasteiger partial charge in [-0.15, -0.1) is 5.48 Å². The summed E-state index contributed by atoms with van der Waals surface area (Å²) < 4.78 is 5.46. The van der Waals surface area contributed by atoms with Gasteiger partial charge in [0.1, 0.15) is 0 Å². The summed E-state index contributed by atoms with van der Waals surface area (Å²) >= 11 is 5.75. The van der Waals surface area contributed by atoms with Crippen molar-refractivity contribution < 1.29 is 19.2 Å². The highest BCUT2D eigenvalue weighted by molar-refractivity contribution is 7.99. The van der Waals surface area contributed by atoms with Crippen molar-refractivity contribution in [3.8, 4) is 0 Å². The van der Waals surface area contributed by atoms with Gasteiger partial charge in [-0.05, 0) is 68.5 Å². The number of esters is 1. The molecule has 27 heavy (non-hydrogen) atoms. The van der Waals surface area contributed by atoms with E-state index in [9.17, 15) is 9.59 Å². The van der Waals surface area contributed by atoms with E-state index in [4.69, 9.17) is 9.57 Å². The van der Waals surface area contributed by atoms with Crippen molar-refractivity contribution in [2.45, 2.75) is 70.4 Å². The lowest BCUT2D eigenvalue weighted by Gasteiger charge is -2.56. The fourth-order valence-corrected chi connectivity index (χ4v) is 6.30. The molecule has 4 bridgehead atoms. The summed E-state index contributed by atoms with van der Waals surface area (Å²) in [6.07, 6.45) is 7.45. The fraction of sp³-hybridized carbons (Fsp3) is 0.900. The van der Waals surface area contributed by atoms with Crippen LogP contribution in [0.3, 0.4) is 0 Å². The highest BCUT2D eigenvalue weighted by Crippen LogP contribution is 2.55. The van der Waals surface area contributed by atoms with E-state index >= 15 is 0 Å².